The Balaban J connectivity index is 1.15. The Morgan fingerprint density at radius 2 is 1.62 bits per heavy atom. The van der Waals surface area contributed by atoms with Gasteiger partial charge in [0.1, 0.15) is 28.9 Å². The Bertz CT molecular complexity index is 1600. The van der Waals surface area contributed by atoms with E-state index in [2.05, 4.69) is 10.6 Å². The molecule has 7 rings (SSSR count). The molecule has 1 aliphatic carbocycles. The zero-order chi connectivity index (χ0) is 31.0. The van der Waals surface area contributed by atoms with Crippen molar-refractivity contribution in [1.29, 1.82) is 0 Å². The maximum Gasteiger partial charge on any atom is 0.246 e. The van der Waals surface area contributed by atoms with Crippen LogP contribution in [0.15, 0.2) is 91.0 Å². The molecular formula is C36H37N3O6. The lowest BCUT2D eigenvalue weighted by Gasteiger charge is -2.34. The van der Waals surface area contributed by atoms with Gasteiger partial charge in [-0.1, -0.05) is 67.8 Å². The first-order valence-corrected chi connectivity index (χ1v) is 15.7. The average molecular weight is 608 g/mol. The number of fused-ring (bicyclic) bond motifs is 1. The van der Waals surface area contributed by atoms with Crippen LogP contribution < -0.4 is 20.1 Å². The van der Waals surface area contributed by atoms with Gasteiger partial charge in [0.15, 0.2) is 0 Å². The molecule has 5 atom stereocenters. The van der Waals surface area contributed by atoms with Crippen molar-refractivity contribution in [3.63, 3.8) is 0 Å². The summed E-state index contributed by atoms with van der Waals surface area (Å²) in [7, 11) is 1.58. The Morgan fingerprint density at radius 3 is 2.38 bits per heavy atom. The van der Waals surface area contributed by atoms with E-state index >= 15 is 0 Å². The van der Waals surface area contributed by atoms with Crippen LogP contribution in [0, 0.1) is 11.8 Å². The second-order valence-corrected chi connectivity index (χ2v) is 12.3. The fraction of sp³-hybridized carbons (Fsp3) is 0.361. The summed E-state index contributed by atoms with van der Waals surface area (Å²) in [6, 6.07) is 23.1. The molecule has 0 radical (unpaired) electrons. The monoisotopic (exact) mass is 607 g/mol. The number of nitrogens with one attached hydrogen (secondary N) is 2. The molecule has 3 aliphatic heterocycles. The van der Waals surface area contributed by atoms with Crippen molar-refractivity contribution in [2.24, 2.45) is 11.8 Å². The fourth-order valence-electron chi connectivity index (χ4n) is 7.44. The molecule has 0 aromatic heterocycles. The molecule has 2 bridgehead atoms. The zero-order valence-corrected chi connectivity index (χ0v) is 25.2. The highest BCUT2D eigenvalue weighted by Gasteiger charge is 2.72. The van der Waals surface area contributed by atoms with Gasteiger partial charge in [0, 0.05) is 17.3 Å². The summed E-state index contributed by atoms with van der Waals surface area (Å²) in [5.74, 6) is -0.510. The summed E-state index contributed by atoms with van der Waals surface area (Å²) in [6.45, 7) is 0.156. The number of amides is 3. The normalized spacial score (nSPS) is 26.9. The van der Waals surface area contributed by atoms with Crippen LogP contribution in [-0.4, -0.2) is 53.5 Å². The van der Waals surface area contributed by atoms with Crippen LogP contribution in [0.1, 0.15) is 37.7 Å². The van der Waals surface area contributed by atoms with E-state index in [1.807, 2.05) is 66.7 Å². The van der Waals surface area contributed by atoms with Gasteiger partial charge in [-0.2, -0.15) is 0 Å². The molecule has 3 heterocycles. The molecule has 1 spiro atoms. The number of benzene rings is 3. The van der Waals surface area contributed by atoms with Crippen LogP contribution in [0.2, 0.25) is 0 Å². The minimum atomic E-state index is -1.24. The number of anilines is 1. The number of carbonyl (C=O) groups excluding carboxylic acids is 3. The molecule has 9 nitrogen and oxygen atoms in total. The summed E-state index contributed by atoms with van der Waals surface area (Å²) in [4.78, 5) is 43.9. The van der Waals surface area contributed by atoms with E-state index in [0.29, 0.717) is 22.9 Å². The van der Waals surface area contributed by atoms with E-state index in [1.165, 1.54) is 0 Å². The quantitative estimate of drug-likeness (QED) is 0.323. The van der Waals surface area contributed by atoms with Gasteiger partial charge in [-0.15, -0.1) is 0 Å². The Labute approximate surface area is 262 Å². The first-order valence-electron chi connectivity index (χ1n) is 15.7. The van der Waals surface area contributed by atoms with E-state index in [4.69, 9.17) is 14.2 Å². The highest BCUT2D eigenvalue weighted by Crippen LogP contribution is 2.55. The minimum Gasteiger partial charge on any atom is -0.496 e. The Morgan fingerprint density at radius 1 is 0.911 bits per heavy atom. The van der Waals surface area contributed by atoms with Crippen molar-refractivity contribution in [3.05, 3.63) is 96.6 Å². The molecule has 2 N–H and O–H groups in total. The van der Waals surface area contributed by atoms with Gasteiger partial charge < -0.3 is 29.7 Å². The molecular weight excluding hydrogens is 570 g/mol. The van der Waals surface area contributed by atoms with Crippen LogP contribution in [-0.2, 0) is 25.7 Å². The molecule has 0 unspecified atom stereocenters. The van der Waals surface area contributed by atoms with E-state index < -0.39 is 29.6 Å². The van der Waals surface area contributed by atoms with Crippen molar-refractivity contribution in [1.82, 2.24) is 10.2 Å². The molecule has 9 heteroatoms. The Kier molecular flexibility index (Phi) is 7.79. The molecule has 3 amide bonds. The van der Waals surface area contributed by atoms with Gasteiger partial charge in [-0.25, -0.2) is 0 Å². The largest absolute Gasteiger partial charge is 0.496 e. The Hall–Kier alpha value is -4.63. The van der Waals surface area contributed by atoms with Crippen LogP contribution in [0.4, 0.5) is 5.69 Å². The molecule has 45 heavy (non-hydrogen) atoms. The summed E-state index contributed by atoms with van der Waals surface area (Å²) >= 11 is 0. The van der Waals surface area contributed by atoms with Crippen molar-refractivity contribution in [2.75, 3.05) is 12.4 Å². The van der Waals surface area contributed by atoms with Crippen molar-refractivity contribution < 1.29 is 28.6 Å². The molecule has 4 aliphatic rings. The van der Waals surface area contributed by atoms with E-state index in [-0.39, 0.29) is 30.3 Å². The summed E-state index contributed by atoms with van der Waals surface area (Å²) in [6.07, 6.45) is 8.17. The van der Waals surface area contributed by atoms with Gasteiger partial charge in [-0.05, 0) is 55.3 Å². The lowest BCUT2D eigenvalue weighted by molar-refractivity contribution is -0.142. The number of hydrogen-bond donors (Lipinski definition) is 2. The number of carbonyl (C=O) groups is 3. The van der Waals surface area contributed by atoms with Crippen LogP contribution in [0.25, 0.3) is 0 Å². The fourth-order valence-corrected chi connectivity index (χ4v) is 7.44. The maximum atomic E-state index is 14.4. The van der Waals surface area contributed by atoms with Crippen molar-refractivity contribution >= 4 is 23.4 Å². The lowest BCUT2D eigenvalue weighted by Crippen LogP contribution is -2.56. The third kappa shape index (κ3) is 5.35. The molecule has 232 valence electrons. The first-order chi connectivity index (χ1) is 22.0. The first kappa shape index (κ1) is 29.1. The second kappa shape index (κ2) is 12.0. The molecule has 3 aromatic carbocycles. The standard InChI is InChI=1S/C36H37N3O6/c1-43-28-15-9-8-10-23(28)22-39-32(34(41)38-24-11-4-2-5-12-24)36-21-20-29(45-36)30(31(36)35(39)42)33(40)37-25-16-18-27(19-17-25)44-26-13-6-3-7-14-26/h3,6-10,13-21,24,29-32H,2,4-5,11-12,22H2,1H3,(H,37,40)(H,38,41)/t29-,30+,31-,32+,36+/m1/s1. The number of methoxy groups -OCH3 is 1. The molecule has 1 saturated carbocycles. The third-order valence-corrected chi connectivity index (χ3v) is 9.51. The average Bonchev–Trinajstić information content (AvgIpc) is 3.70. The predicted molar refractivity (Wildman–Crippen MR) is 168 cm³/mol. The molecule has 3 aromatic rings. The summed E-state index contributed by atoms with van der Waals surface area (Å²) < 4.78 is 18.0. The van der Waals surface area contributed by atoms with Gasteiger partial charge in [0.25, 0.3) is 0 Å². The molecule has 3 fully saturated rings. The van der Waals surface area contributed by atoms with E-state index in [9.17, 15) is 14.4 Å². The van der Waals surface area contributed by atoms with E-state index in [0.717, 1.165) is 37.7 Å². The van der Waals surface area contributed by atoms with Gasteiger partial charge in [0.2, 0.25) is 17.7 Å². The van der Waals surface area contributed by atoms with Gasteiger partial charge in [0.05, 0.1) is 31.6 Å². The SMILES string of the molecule is COc1ccccc1CN1C(=O)[C@H]2[C@@H](C(=O)Nc3ccc(Oc4ccccc4)cc3)[C@H]3C=C[C@@]2(O3)[C@@H]1C(=O)NC1CCCCC1. The van der Waals surface area contributed by atoms with Crippen molar-refractivity contribution in [3.8, 4) is 17.2 Å². The highest BCUT2D eigenvalue weighted by molar-refractivity contribution is 6.02. The number of nitrogens with zero attached hydrogens (tertiary/aromatic N) is 1. The minimum absolute atomic E-state index is 0.0560. The predicted octanol–water partition coefficient (Wildman–Crippen LogP) is 5.23. The highest BCUT2D eigenvalue weighted by atomic mass is 16.5. The van der Waals surface area contributed by atoms with Crippen molar-refractivity contribution in [2.45, 2.75) is 62.4 Å². The number of hydrogen-bond acceptors (Lipinski definition) is 6. The zero-order valence-electron chi connectivity index (χ0n) is 25.2. The third-order valence-electron chi connectivity index (χ3n) is 9.51. The van der Waals surface area contributed by atoms with Gasteiger partial charge >= 0.3 is 0 Å². The lowest BCUT2D eigenvalue weighted by atomic mass is 9.74. The van der Waals surface area contributed by atoms with Crippen LogP contribution in [0.5, 0.6) is 17.2 Å². The smallest absolute Gasteiger partial charge is 0.246 e. The maximum absolute atomic E-state index is 14.4. The summed E-state index contributed by atoms with van der Waals surface area (Å²) in [5, 5.41) is 6.21. The number of para-hydroxylation sites is 2. The topological polar surface area (TPSA) is 106 Å². The number of likely N-dealkylation sites (tertiary alicyclic amines) is 1. The van der Waals surface area contributed by atoms with E-state index in [1.54, 1.807) is 36.3 Å². The number of ether oxygens (including phenoxy) is 3. The number of rotatable bonds is 9. The molecule has 2 saturated heterocycles. The van der Waals surface area contributed by atoms with Crippen LogP contribution in [0.3, 0.4) is 0 Å². The second-order valence-electron chi connectivity index (χ2n) is 12.3. The van der Waals surface area contributed by atoms with Gasteiger partial charge in [-0.3, -0.25) is 14.4 Å². The summed E-state index contributed by atoms with van der Waals surface area (Å²) in [5.41, 5.74) is 0.111. The van der Waals surface area contributed by atoms with Crippen LogP contribution >= 0.6 is 0 Å².